The van der Waals surface area contributed by atoms with E-state index in [1.54, 1.807) is 35.6 Å². The van der Waals surface area contributed by atoms with Gasteiger partial charge in [-0.25, -0.2) is 19.7 Å². The van der Waals surface area contributed by atoms with Crippen molar-refractivity contribution in [3.8, 4) is 17.6 Å². The van der Waals surface area contributed by atoms with Gasteiger partial charge in [0.1, 0.15) is 28.8 Å². The van der Waals surface area contributed by atoms with E-state index in [-0.39, 0.29) is 6.09 Å². The maximum atomic E-state index is 12.4. The van der Waals surface area contributed by atoms with Crippen LogP contribution in [0.15, 0.2) is 36.8 Å². The summed E-state index contributed by atoms with van der Waals surface area (Å²) in [4.78, 5) is 29.9. The summed E-state index contributed by atoms with van der Waals surface area (Å²) in [6.45, 7) is 8.26. The number of fused-ring (bicyclic) bond motifs is 1. The zero-order valence-electron chi connectivity index (χ0n) is 17.9. The van der Waals surface area contributed by atoms with Gasteiger partial charge < -0.3 is 14.5 Å². The highest BCUT2D eigenvalue weighted by Gasteiger charge is 2.25. The second kappa shape index (κ2) is 8.22. The molecule has 0 atom stereocenters. The van der Waals surface area contributed by atoms with E-state index >= 15 is 0 Å². The number of nitriles is 1. The molecule has 0 unspecified atom stereocenters. The average molecular weight is 419 g/mol. The Hall–Kier alpha value is -3.67. The van der Waals surface area contributed by atoms with Gasteiger partial charge in [-0.2, -0.15) is 5.26 Å². The van der Waals surface area contributed by atoms with E-state index in [2.05, 4.69) is 20.9 Å². The molecule has 1 fully saturated rings. The van der Waals surface area contributed by atoms with E-state index in [0.717, 1.165) is 30.1 Å². The van der Waals surface area contributed by atoms with Gasteiger partial charge in [0.2, 0.25) is 0 Å². The number of anilines is 1. The third-order valence-electron chi connectivity index (χ3n) is 4.98. The number of ether oxygens (including phenoxy) is 1. The van der Waals surface area contributed by atoms with E-state index in [4.69, 9.17) is 9.72 Å². The maximum absolute atomic E-state index is 12.4. The number of imidazole rings is 1. The second-order valence-corrected chi connectivity index (χ2v) is 8.45. The molecule has 0 bridgehead atoms. The molecule has 1 saturated heterocycles. The fourth-order valence-electron chi connectivity index (χ4n) is 3.52. The van der Waals surface area contributed by atoms with Crippen LogP contribution < -0.4 is 4.90 Å². The van der Waals surface area contributed by atoms with Gasteiger partial charge in [-0.1, -0.05) is 0 Å². The summed E-state index contributed by atoms with van der Waals surface area (Å²) in [6.07, 6.45) is 5.71. The minimum absolute atomic E-state index is 0.281. The van der Waals surface area contributed by atoms with Crippen LogP contribution in [0.1, 0.15) is 32.8 Å². The Morgan fingerprint density at radius 1 is 1.13 bits per heavy atom. The Labute approximate surface area is 180 Å². The molecule has 0 N–H and O–H groups in total. The number of carbonyl (C=O) groups excluding carboxylic acids is 1. The molecule has 160 valence electrons. The molecular weight excluding hydrogens is 394 g/mol. The first-order chi connectivity index (χ1) is 14.8. The van der Waals surface area contributed by atoms with Crippen LogP contribution in [0.2, 0.25) is 0 Å². The number of hydrogen-bond acceptors (Lipinski definition) is 7. The van der Waals surface area contributed by atoms with Crippen molar-refractivity contribution in [3.63, 3.8) is 0 Å². The molecule has 0 saturated carbocycles. The lowest BCUT2D eigenvalue weighted by atomic mass is 10.2. The standard InChI is InChI=1S/C22H25N7O2/c1-22(2,3)31-21(30)28-10-4-9-27(11-12-28)19-7-8-24-20(26-19)17-14-25-18-6-5-16(13-23)15-29(17)18/h5-8,14-15H,4,9-12H2,1-3H3. The molecule has 1 aliphatic rings. The maximum Gasteiger partial charge on any atom is 0.410 e. The summed E-state index contributed by atoms with van der Waals surface area (Å²) in [5, 5.41) is 9.20. The Bertz CT molecular complexity index is 1140. The van der Waals surface area contributed by atoms with Crippen molar-refractivity contribution in [1.29, 1.82) is 5.26 Å². The number of hydrogen-bond donors (Lipinski definition) is 0. The van der Waals surface area contributed by atoms with Crippen molar-refractivity contribution >= 4 is 17.6 Å². The molecule has 0 aromatic carbocycles. The van der Waals surface area contributed by atoms with Crippen LogP contribution in [-0.4, -0.2) is 62.1 Å². The van der Waals surface area contributed by atoms with Gasteiger partial charge in [-0.3, -0.25) is 4.40 Å². The number of pyridine rings is 1. The topological polar surface area (TPSA) is 99.6 Å². The zero-order valence-corrected chi connectivity index (χ0v) is 17.9. The second-order valence-electron chi connectivity index (χ2n) is 8.45. The van der Waals surface area contributed by atoms with Gasteiger partial charge in [-0.05, 0) is 45.4 Å². The first-order valence-corrected chi connectivity index (χ1v) is 10.3. The summed E-state index contributed by atoms with van der Waals surface area (Å²) in [7, 11) is 0. The lowest BCUT2D eigenvalue weighted by molar-refractivity contribution is 0.0263. The highest BCUT2D eigenvalue weighted by atomic mass is 16.6. The molecule has 1 amide bonds. The fraction of sp³-hybridized carbons (Fsp3) is 0.409. The average Bonchev–Trinajstić information content (AvgIpc) is 2.99. The van der Waals surface area contributed by atoms with Crippen LogP contribution in [-0.2, 0) is 4.74 Å². The number of amides is 1. The molecule has 1 aliphatic heterocycles. The molecule has 3 aromatic heterocycles. The highest BCUT2D eigenvalue weighted by molar-refractivity contribution is 5.68. The quantitative estimate of drug-likeness (QED) is 0.629. The van der Waals surface area contributed by atoms with Crippen LogP contribution >= 0.6 is 0 Å². The minimum Gasteiger partial charge on any atom is -0.444 e. The van der Waals surface area contributed by atoms with Crippen molar-refractivity contribution in [2.75, 3.05) is 31.1 Å². The van der Waals surface area contributed by atoms with Gasteiger partial charge in [0, 0.05) is 38.6 Å². The van der Waals surface area contributed by atoms with Gasteiger partial charge in [0.15, 0.2) is 5.82 Å². The fourth-order valence-corrected chi connectivity index (χ4v) is 3.52. The van der Waals surface area contributed by atoms with E-state index in [1.807, 2.05) is 31.2 Å². The molecule has 9 heteroatoms. The third-order valence-corrected chi connectivity index (χ3v) is 4.98. The van der Waals surface area contributed by atoms with Crippen LogP contribution in [0.25, 0.3) is 17.2 Å². The molecule has 31 heavy (non-hydrogen) atoms. The Morgan fingerprint density at radius 3 is 2.74 bits per heavy atom. The van der Waals surface area contributed by atoms with E-state index in [1.165, 1.54) is 0 Å². The zero-order chi connectivity index (χ0) is 22.0. The predicted octanol–water partition coefficient (Wildman–Crippen LogP) is 3.11. The van der Waals surface area contributed by atoms with Crippen LogP contribution in [0, 0.1) is 11.3 Å². The van der Waals surface area contributed by atoms with E-state index in [9.17, 15) is 10.1 Å². The monoisotopic (exact) mass is 419 g/mol. The smallest absolute Gasteiger partial charge is 0.410 e. The third kappa shape index (κ3) is 4.58. The Kier molecular flexibility index (Phi) is 5.46. The summed E-state index contributed by atoms with van der Waals surface area (Å²) in [5.41, 5.74) is 1.48. The number of carbonyl (C=O) groups is 1. The van der Waals surface area contributed by atoms with Gasteiger partial charge >= 0.3 is 6.09 Å². The Balaban J connectivity index is 1.54. The van der Waals surface area contributed by atoms with E-state index < -0.39 is 5.60 Å². The largest absolute Gasteiger partial charge is 0.444 e. The molecule has 0 aliphatic carbocycles. The number of aromatic nitrogens is 4. The van der Waals surface area contributed by atoms with Crippen molar-refractivity contribution in [1.82, 2.24) is 24.3 Å². The molecule has 3 aromatic rings. The summed E-state index contributed by atoms with van der Waals surface area (Å²) in [6, 6.07) is 7.55. The van der Waals surface area contributed by atoms with Crippen LogP contribution in [0.3, 0.4) is 0 Å². The highest BCUT2D eigenvalue weighted by Crippen LogP contribution is 2.22. The van der Waals surface area contributed by atoms with Crippen molar-refractivity contribution in [3.05, 3.63) is 42.4 Å². The minimum atomic E-state index is -0.510. The van der Waals surface area contributed by atoms with E-state index in [0.29, 0.717) is 31.0 Å². The molecular formula is C22H25N7O2. The predicted molar refractivity (Wildman–Crippen MR) is 116 cm³/mol. The summed E-state index contributed by atoms with van der Waals surface area (Å²) < 4.78 is 7.34. The molecule has 4 heterocycles. The first kappa shape index (κ1) is 20.6. The molecule has 0 spiro atoms. The number of rotatable bonds is 2. The lowest BCUT2D eigenvalue weighted by Gasteiger charge is -2.26. The normalized spacial score (nSPS) is 14.9. The lowest BCUT2D eigenvalue weighted by Crippen LogP contribution is -2.39. The SMILES string of the molecule is CC(C)(C)OC(=O)N1CCCN(c2ccnc(-c3cnc4ccc(C#N)cn34)n2)CC1. The summed E-state index contributed by atoms with van der Waals surface area (Å²) >= 11 is 0. The molecule has 9 nitrogen and oxygen atoms in total. The van der Waals surface area contributed by atoms with Crippen LogP contribution in [0.4, 0.5) is 10.6 Å². The van der Waals surface area contributed by atoms with Gasteiger partial charge in [0.05, 0.1) is 11.8 Å². The molecule has 0 radical (unpaired) electrons. The molecule has 4 rings (SSSR count). The van der Waals surface area contributed by atoms with Crippen molar-refractivity contribution in [2.24, 2.45) is 0 Å². The van der Waals surface area contributed by atoms with Gasteiger partial charge in [-0.15, -0.1) is 0 Å². The number of nitrogens with zero attached hydrogens (tertiary/aromatic N) is 7. The van der Waals surface area contributed by atoms with Crippen molar-refractivity contribution < 1.29 is 9.53 Å². The summed E-state index contributed by atoms with van der Waals surface area (Å²) in [5.74, 6) is 1.33. The Morgan fingerprint density at radius 2 is 1.97 bits per heavy atom. The van der Waals surface area contributed by atoms with Gasteiger partial charge in [0.25, 0.3) is 0 Å². The van der Waals surface area contributed by atoms with Crippen molar-refractivity contribution in [2.45, 2.75) is 32.8 Å². The van der Waals surface area contributed by atoms with Crippen LogP contribution in [0.5, 0.6) is 0 Å². The first-order valence-electron chi connectivity index (χ1n) is 10.3.